The van der Waals surface area contributed by atoms with Gasteiger partial charge < -0.3 is 15.4 Å². The van der Waals surface area contributed by atoms with E-state index in [1.807, 2.05) is 85.1 Å². The molecule has 0 atom stereocenters. The van der Waals surface area contributed by atoms with E-state index in [0.717, 1.165) is 38.8 Å². The summed E-state index contributed by atoms with van der Waals surface area (Å²) in [5, 5.41) is 8.76. The van der Waals surface area contributed by atoms with E-state index in [1.165, 1.54) is 0 Å². The SMILES string of the molecule is COc1ccc(NC(=O)Nc2cccc(-c3csc(-c4ccccc4)n3)c2)c(C)c1. The van der Waals surface area contributed by atoms with Gasteiger partial charge in [0.05, 0.1) is 12.8 Å². The van der Waals surface area contributed by atoms with Crippen LogP contribution >= 0.6 is 11.3 Å². The first-order chi connectivity index (χ1) is 14.6. The molecule has 0 aliphatic carbocycles. The molecule has 1 aromatic heterocycles. The number of thiazole rings is 1. The van der Waals surface area contributed by atoms with Crippen molar-refractivity contribution in [3.05, 3.63) is 83.7 Å². The van der Waals surface area contributed by atoms with Crippen LogP contribution in [0.3, 0.4) is 0 Å². The minimum Gasteiger partial charge on any atom is -0.497 e. The Balaban J connectivity index is 1.47. The van der Waals surface area contributed by atoms with Crippen LogP contribution in [0.25, 0.3) is 21.8 Å². The number of amides is 2. The topological polar surface area (TPSA) is 63.2 Å². The van der Waals surface area contributed by atoms with Gasteiger partial charge in [0.25, 0.3) is 0 Å². The largest absolute Gasteiger partial charge is 0.497 e. The Morgan fingerprint density at radius 2 is 1.73 bits per heavy atom. The van der Waals surface area contributed by atoms with Crippen molar-refractivity contribution in [2.75, 3.05) is 17.7 Å². The van der Waals surface area contributed by atoms with Gasteiger partial charge in [-0.2, -0.15) is 0 Å². The van der Waals surface area contributed by atoms with Gasteiger partial charge >= 0.3 is 6.03 Å². The van der Waals surface area contributed by atoms with Gasteiger partial charge in [-0.3, -0.25) is 0 Å². The molecule has 6 heteroatoms. The van der Waals surface area contributed by atoms with Gasteiger partial charge in [-0.05, 0) is 42.8 Å². The summed E-state index contributed by atoms with van der Waals surface area (Å²) in [5.41, 5.74) is 5.29. The van der Waals surface area contributed by atoms with E-state index in [0.29, 0.717) is 5.69 Å². The predicted molar refractivity (Wildman–Crippen MR) is 123 cm³/mol. The third-order valence-electron chi connectivity index (χ3n) is 4.62. The third kappa shape index (κ3) is 4.50. The van der Waals surface area contributed by atoms with E-state index in [-0.39, 0.29) is 6.03 Å². The average molecular weight is 416 g/mol. The van der Waals surface area contributed by atoms with Crippen LogP contribution in [0.5, 0.6) is 5.75 Å². The standard InChI is InChI=1S/C24H21N3O2S/c1-16-13-20(29-2)11-12-21(16)27-24(28)25-19-10-6-9-18(14-19)22-15-30-23(26-22)17-7-4-3-5-8-17/h3-15H,1-2H3,(H2,25,27,28). The van der Waals surface area contributed by atoms with Crippen molar-refractivity contribution in [1.82, 2.24) is 4.98 Å². The molecular weight excluding hydrogens is 394 g/mol. The number of benzene rings is 3. The number of aromatic nitrogens is 1. The highest BCUT2D eigenvalue weighted by Gasteiger charge is 2.09. The molecule has 0 saturated heterocycles. The second kappa shape index (κ2) is 8.80. The van der Waals surface area contributed by atoms with Crippen LogP contribution in [0.15, 0.2) is 78.2 Å². The maximum atomic E-state index is 12.5. The lowest BCUT2D eigenvalue weighted by Crippen LogP contribution is -2.19. The molecule has 0 bridgehead atoms. The number of hydrogen-bond donors (Lipinski definition) is 2. The first kappa shape index (κ1) is 19.7. The molecule has 0 saturated carbocycles. The number of rotatable bonds is 5. The molecule has 2 N–H and O–H groups in total. The Labute approximate surface area is 179 Å². The third-order valence-corrected chi connectivity index (χ3v) is 5.51. The number of aryl methyl sites for hydroxylation is 1. The zero-order chi connectivity index (χ0) is 20.9. The van der Waals surface area contributed by atoms with Gasteiger partial charge in [0, 0.05) is 27.9 Å². The van der Waals surface area contributed by atoms with Gasteiger partial charge in [0.2, 0.25) is 0 Å². The molecule has 2 amide bonds. The number of methoxy groups -OCH3 is 1. The number of nitrogens with zero attached hydrogens (tertiary/aromatic N) is 1. The van der Waals surface area contributed by atoms with Crippen LogP contribution in [0.1, 0.15) is 5.56 Å². The smallest absolute Gasteiger partial charge is 0.323 e. The maximum Gasteiger partial charge on any atom is 0.323 e. The van der Waals surface area contributed by atoms with Crippen molar-refractivity contribution in [2.45, 2.75) is 6.92 Å². The van der Waals surface area contributed by atoms with Gasteiger partial charge in [0.1, 0.15) is 10.8 Å². The Hall–Kier alpha value is -3.64. The lowest BCUT2D eigenvalue weighted by Gasteiger charge is -2.11. The highest BCUT2D eigenvalue weighted by atomic mass is 32.1. The molecule has 30 heavy (non-hydrogen) atoms. The van der Waals surface area contributed by atoms with E-state index in [9.17, 15) is 4.79 Å². The number of nitrogens with one attached hydrogen (secondary N) is 2. The normalized spacial score (nSPS) is 10.5. The minimum atomic E-state index is -0.302. The zero-order valence-electron chi connectivity index (χ0n) is 16.7. The van der Waals surface area contributed by atoms with E-state index >= 15 is 0 Å². The lowest BCUT2D eigenvalue weighted by molar-refractivity contribution is 0.262. The van der Waals surface area contributed by atoms with Crippen LogP contribution in [0.2, 0.25) is 0 Å². The van der Waals surface area contributed by atoms with Crippen LogP contribution in [-0.4, -0.2) is 18.1 Å². The van der Waals surface area contributed by atoms with E-state index in [2.05, 4.69) is 10.6 Å². The van der Waals surface area contributed by atoms with Crippen LogP contribution in [0, 0.1) is 6.92 Å². The fraction of sp³-hybridized carbons (Fsp3) is 0.0833. The number of hydrogen-bond acceptors (Lipinski definition) is 4. The summed E-state index contributed by atoms with van der Waals surface area (Å²) >= 11 is 1.60. The monoisotopic (exact) mass is 415 g/mol. The van der Waals surface area contributed by atoms with Gasteiger partial charge in [-0.15, -0.1) is 11.3 Å². The van der Waals surface area contributed by atoms with Crippen molar-refractivity contribution in [3.8, 4) is 27.6 Å². The number of ether oxygens (including phenoxy) is 1. The quantitative estimate of drug-likeness (QED) is 0.394. The molecule has 0 unspecified atom stereocenters. The Morgan fingerprint density at radius 1 is 0.933 bits per heavy atom. The van der Waals surface area contributed by atoms with E-state index < -0.39 is 0 Å². The Bertz CT molecular complexity index is 1170. The number of carbonyl (C=O) groups is 1. The molecule has 4 aromatic rings. The Morgan fingerprint density at radius 3 is 2.50 bits per heavy atom. The molecule has 0 aliphatic heterocycles. The molecule has 5 nitrogen and oxygen atoms in total. The summed E-state index contributed by atoms with van der Waals surface area (Å²) in [6.45, 7) is 1.92. The fourth-order valence-electron chi connectivity index (χ4n) is 3.06. The second-order valence-electron chi connectivity index (χ2n) is 6.74. The molecular formula is C24H21N3O2S. The summed E-state index contributed by atoms with van der Waals surface area (Å²) < 4.78 is 5.20. The summed E-state index contributed by atoms with van der Waals surface area (Å²) in [6.07, 6.45) is 0. The lowest BCUT2D eigenvalue weighted by atomic mass is 10.1. The molecule has 4 rings (SSSR count). The molecule has 150 valence electrons. The highest BCUT2D eigenvalue weighted by molar-refractivity contribution is 7.13. The molecule has 0 fully saturated rings. The average Bonchev–Trinajstić information content (AvgIpc) is 3.26. The molecule has 1 heterocycles. The maximum absolute atomic E-state index is 12.5. The van der Waals surface area contributed by atoms with Gasteiger partial charge in [-0.25, -0.2) is 9.78 Å². The fourth-order valence-corrected chi connectivity index (χ4v) is 3.90. The number of carbonyl (C=O) groups excluding carboxylic acids is 1. The first-order valence-electron chi connectivity index (χ1n) is 9.46. The van der Waals surface area contributed by atoms with Crippen LogP contribution in [-0.2, 0) is 0 Å². The summed E-state index contributed by atoms with van der Waals surface area (Å²) in [7, 11) is 1.62. The van der Waals surface area contributed by atoms with Crippen LogP contribution < -0.4 is 15.4 Å². The van der Waals surface area contributed by atoms with Crippen LogP contribution in [0.4, 0.5) is 16.2 Å². The Kier molecular flexibility index (Phi) is 5.77. The van der Waals surface area contributed by atoms with E-state index in [4.69, 9.17) is 9.72 Å². The predicted octanol–water partition coefficient (Wildman–Crippen LogP) is 6.44. The summed E-state index contributed by atoms with van der Waals surface area (Å²) in [4.78, 5) is 17.2. The second-order valence-corrected chi connectivity index (χ2v) is 7.60. The van der Waals surface area contributed by atoms with Crippen molar-refractivity contribution in [3.63, 3.8) is 0 Å². The van der Waals surface area contributed by atoms with E-state index in [1.54, 1.807) is 18.4 Å². The van der Waals surface area contributed by atoms with Crippen molar-refractivity contribution in [2.24, 2.45) is 0 Å². The van der Waals surface area contributed by atoms with Crippen molar-refractivity contribution < 1.29 is 9.53 Å². The summed E-state index contributed by atoms with van der Waals surface area (Å²) in [5.74, 6) is 0.754. The zero-order valence-corrected chi connectivity index (χ0v) is 17.5. The summed E-state index contributed by atoms with van der Waals surface area (Å²) in [6, 6.07) is 23.0. The van der Waals surface area contributed by atoms with Crippen molar-refractivity contribution in [1.29, 1.82) is 0 Å². The van der Waals surface area contributed by atoms with Crippen molar-refractivity contribution >= 4 is 28.7 Å². The highest BCUT2D eigenvalue weighted by Crippen LogP contribution is 2.30. The number of urea groups is 1. The first-order valence-corrected chi connectivity index (χ1v) is 10.3. The molecule has 0 spiro atoms. The molecule has 0 radical (unpaired) electrons. The molecule has 0 aliphatic rings. The van der Waals surface area contributed by atoms with Gasteiger partial charge in [-0.1, -0.05) is 42.5 Å². The van der Waals surface area contributed by atoms with Gasteiger partial charge in [0.15, 0.2) is 0 Å². The minimum absolute atomic E-state index is 0.302. The number of anilines is 2. The molecule has 3 aromatic carbocycles.